The van der Waals surface area contributed by atoms with Crippen LogP contribution in [0, 0.1) is 19.7 Å². The minimum Gasteiger partial charge on any atom is -0.352 e. The number of imidazole rings is 1. The smallest absolute Gasteiger partial charge is 0.223 e. The molecular formula is C20H24FN5. The van der Waals surface area contributed by atoms with Crippen molar-refractivity contribution in [1.82, 2.24) is 19.4 Å². The summed E-state index contributed by atoms with van der Waals surface area (Å²) >= 11 is 0. The normalized spacial score (nSPS) is 13.2. The van der Waals surface area contributed by atoms with Crippen molar-refractivity contribution < 1.29 is 4.39 Å². The summed E-state index contributed by atoms with van der Waals surface area (Å²) in [7, 11) is 0. The number of halogens is 1. The molecule has 1 atom stereocenters. The Morgan fingerprint density at radius 2 is 2.08 bits per heavy atom. The lowest BCUT2D eigenvalue weighted by molar-refractivity contribution is 0.629. The zero-order chi connectivity index (χ0) is 18.8. The molecule has 0 aliphatic heterocycles. The van der Waals surface area contributed by atoms with Gasteiger partial charge in [-0.25, -0.2) is 19.3 Å². The molecule has 26 heavy (non-hydrogen) atoms. The van der Waals surface area contributed by atoms with Crippen LogP contribution in [0.1, 0.15) is 49.7 Å². The van der Waals surface area contributed by atoms with E-state index in [4.69, 9.17) is 0 Å². The van der Waals surface area contributed by atoms with Crippen molar-refractivity contribution in [2.24, 2.45) is 0 Å². The quantitative estimate of drug-likeness (QED) is 0.731. The van der Waals surface area contributed by atoms with E-state index in [1.54, 1.807) is 16.8 Å². The van der Waals surface area contributed by atoms with E-state index in [1.165, 1.54) is 6.07 Å². The van der Waals surface area contributed by atoms with E-state index in [2.05, 4.69) is 34.1 Å². The molecule has 0 saturated carbocycles. The molecule has 0 fully saturated rings. The highest BCUT2D eigenvalue weighted by molar-refractivity contribution is 5.80. The zero-order valence-electron chi connectivity index (χ0n) is 15.8. The maximum absolute atomic E-state index is 14.5. The molecule has 0 amide bonds. The van der Waals surface area contributed by atoms with Crippen molar-refractivity contribution >= 4 is 17.2 Å². The number of pyridine rings is 1. The molecule has 0 aromatic carbocycles. The first kappa shape index (κ1) is 18.0. The van der Waals surface area contributed by atoms with Crippen LogP contribution in [0.2, 0.25) is 0 Å². The number of nitrogens with zero attached hydrogens (tertiary/aromatic N) is 4. The molecule has 1 N–H and O–H groups in total. The van der Waals surface area contributed by atoms with Crippen molar-refractivity contribution in [1.29, 1.82) is 0 Å². The van der Waals surface area contributed by atoms with Gasteiger partial charge >= 0.3 is 0 Å². The minimum absolute atomic E-state index is 0.308. The fourth-order valence-corrected chi connectivity index (χ4v) is 2.91. The number of allylic oxidation sites excluding steroid dienone is 1. The number of fused-ring (bicyclic) bond motifs is 1. The van der Waals surface area contributed by atoms with E-state index in [0.29, 0.717) is 17.6 Å². The highest BCUT2D eigenvalue weighted by atomic mass is 19.1. The lowest BCUT2D eigenvalue weighted by Gasteiger charge is -2.15. The molecule has 0 spiro atoms. The molecule has 0 aliphatic rings. The monoisotopic (exact) mass is 353 g/mol. The first-order valence-corrected chi connectivity index (χ1v) is 8.85. The van der Waals surface area contributed by atoms with Crippen LogP contribution in [0.5, 0.6) is 0 Å². The van der Waals surface area contributed by atoms with Gasteiger partial charge in [0.2, 0.25) is 5.95 Å². The maximum atomic E-state index is 14.5. The van der Waals surface area contributed by atoms with Gasteiger partial charge in [-0.1, -0.05) is 13.0 Å². The summed E-state index contributed by atoms with van der Waals surface area (Å²) in [4.78, 5) is 13.1. The van der Waals surface area contributed by atoms with Gasteiger partial charge in [-0.05, 0) is 45.8 Å². The molecular weight excluding hydrogens is 329 g/mol. The van der Waals surface area contributed by atoms with Gasteiger partial charge in [0.1, 0.15) is 0 Å². The standard InChI is InChI=1S/C20H24FN5/c1-6-12(3)24-20-23-10-17(14(5)25-20)16(7-2)15-8-18(21)19-22-9-13(4)26(19)11-15/h7-12H,6H2,1-5H3,(H,23,24,25)/b16-7-. The lowest BCUT2D eigenvalue weighted by Crippen LogP contribution is -2.16. The molecule has 3 heterocycles. The van der Waals surface area contributed by atoms with Crippen LogP contribution in [-0.4, -0.2) is 25.4 Å². The summed E-state index contributed by atoms with van der Waals surface area (Å²) in [5.41, 5.74) is 4.62. The van der Waals surface area contributed by atoms with Gasteiger partial charge in [0, 0.05) is 41.5 Å². The number of aryl methyl sites for hydroxylation is 2. The molecule has 5 nitrogen and oxygen atoms in total. The number of hydrogen-bond donors (Lipinski definition) is 1. The molecule has 3 aromatic heterocycles. The maximum Gasteiger partial charge on any atom is 0.223 e. The average Bonchev–Trinajstić information content (AvgIpc) is 2.99. The topological polar surface area (TPSA) is 55.1 Å². The first-order valence-electron chi connectivity index (χ1n) is 8.85. The van der Waals surface area contributed by atoms with E-state index in [0.717, 1.165) is 34.5 Å². The fraction of sp³-hybridized carbons (Fsp3) is 0.350. The van der Waals surface area contributed by atoms with Crippen LogP contribution in [0.25, 0.3) is 11.2 Å². The Kier molecular flexibility index (Phi) is 5.02. The van der Waals surface area contributed by atoms with E-state index in [-0.39, 0.29) is 5.82 Å². The van der Waals surface area contributed by atoms with Crippen molar-refractivity contribution in [2.75, 3.05) is 5.32 Å². The van der Waals surface area contributed by atoms with Crippen molar-refractivity contribution in [3.05, 3.63) is 59.1 Å². The van der Waals surface area contributed by atoms with E-state index in [1.807, 2.05) is 33.0 Å². The fourth-order valence-electron chi connectivity index (χ4n) is 2.91. The van der Waals surface area contributed by atoms with Crippen molar-refractivity contribution in [2.45, 2.75) is 47.1 Å². The van der Waals surface area contributed by atoms with Crippen LogP contribution in [0.3, 0.4) is 0 Å². The molecule has 136 valence electrons. The van der Waals surface area contributed by atoms with Gasteiger partial charge in [-0.15, -0.1) is 0 Å². The third kappa shape index (κ3) is 3.31. The van der Waals surface area contributed by atoms with E-state index >= 15 is 0 Å². The van der Waals surface area contributed by atoms with Crippen LogP contribution < -0.4 is 5.32 Å². The highest BCUT2D eigenvalue weighted by Crippen LogP contribution is 2.27. The summed E-state index contributed by atoms with van der Waals surface area (Å²) in [6.45, 7) is 9.99. The van der Waals surface area contributed by atoms with Gasteiger partial charge in [-0.3, -0.25) is 0 Å². The largest absolute Gasteiger partial charge is 0.352 e. The Morgan fingerprint density at radius 3 is 2.73 bits per heavy atom. The van der Waals surface area contributed by atoms with Crippen LogP contribution >= 0.6 is 0 Å². The van der Waals surface area contributed by atoms with Gasteiger partial charge in [-0.2, -0.15) is 0 Å². The summed E-state index contributed by atoms with van der Waals surface area (Å²) in [6.07, 6.45) is 8.32. The molecule has 3 aromatic rings. The number of anilines is 1. The molecule has 1 unspecified atom stereocenters. The predicted molar refractivity (Wildman–Crippen MR) is 103 cm³/mol. The molecule has 3 rings (SSSR count). The van der Waals surface area contributed by atoms with Crippen molar-refractivity contribution in [3.8, 4) is 0 Å². The number of aromatic nitrogens is 4. The van der Waals surface area contributed by atoms with Crippen LogP contribution in [0.15, 0.2) is 30.7 Å². The molecule has 0 bridgehead atoms. The van der Waals surface area contributed by atoms with Crippen LogP contribution in [-0.2, 0) is 0 Å². The summed E-state index contributed by atoms with van der Waals surface area (Å²) < 4.78 is 16.2. The first-order chi connectivity index (χ1) is 12.4. The molecule has 0 aliphatic carbocycles. The summed E-state index contributed by atoms with van der Waals surface area (Å²) in [6, 6.07) is 1.82. The van der Waals surface area contributed by atoms with Gasteiger partial charge in [0.15, 0.2) is 11.5 Å². The third-order valence-electron chi connectivity index (χ3n) is 4.60. The Bertz CT molecular complexity index is 974. The second kappa shape index (κ2) is 7.23. The van der Waals surface area contributed by atoms with Gasteiger partial charge in [0.05, 0.1) is 5.69 Å². The lowest BCUT2D eigenvalue weighted by atomic mass is 9.99. The third-order valence-corrected chi connectivity index (χ3v) is 4.60. The zero-order valence-corrected chi connectivity index (χ0v) is 15.8. The highest BCUT2D eigenvalue weighted by Gasteiger charge is 2.14. The minimum atomic E-state index is -0.344. The van der Waals surface area contributed by atoms with Gasteiger partial charge in [0.25, 0.3) is 0 Å². The Morgan fingerprint density at radius 1 is 1.31 bits per heavy atom. The number of hydrogen-bond acceptors (Lipinski definition) is 4. The second-order valence-electron chi connectivity index (χ2n) is 6.52. The molecule has 6 heteroatoms. The second-order valence-corrected chi connectivity index (χ2v) is 6.52. The van der Waals surface area contributed by atoms with Crippen molar-refractivity contribution in [3.63, 3.8) is 0 Å². The Labute approximate surface area is 153 Å². The predicted octanol–water partition coefficient (Wildman–Crippen LogP) is 4.54. The Balaban J connectivity index is 2.03. The van der Waals surface area contributed by atoms with E-state index in [9.17, 15) is 4.39 Å². The SMILES string of the molecule is C/C=C(/c1cc(F)c2ncc(C)n2c1)c1cnc(NC(C)CC)nc1C. The van der Waals surface area contributed by atoms with E-state index < -0.39 is 0 Å². The number of nitrogens with one attached hydrogen (secondary N) is 1. The van der Waals surface area contributed by atoms with Crippen LogP contribution in [0.4, 0.5) is 10.3 Å². The molecule has 0 radical (unpaired) electrons. The van der Waals surface area contributed by atoms with Gasteiger partial charge < -0.3 is 9.72 Å². The Hall–Kier alpha value is -2.76. The average molecular weight is 353 g/mol. The summed E-state index contributed by atoms with van der Waals surface area (Å²) in [5.74, 6) is 0.270. The number of rotatable bonds is 5. The molecule has 0 saturated heterocycles. The summed E-state index contributed by atoms with van der Waals surface area (Å²) in [5, 5.41) is 3.28.